The Morgan fingerprint density at radius 2 is 1.71 bits per heavy atom. The van der Waals surface area contributed by atoms with Crippen molar-refractivity contribution in [2.24, 2.45) is 0 Å². The zero-order valence-electron chi connectivity index (χ0n) is 21.0. The van der Waals surface area contributed by atoms with Gasteiger partial charge in [0.15, 0.2) is 5.82 Å². The maximum atomic E-state index is 13.0. The first-order chi connectivity index (χ1) is 16.2. The lowest BCUT2D eigenvalue weighted by Crippen LogP contribution is -2.35. The topological polar surface area (TPSA) is 79.7 Å². The molecule has 0 aliphatic carbocycles. The van der Waals surface area contributed by atoms with E-state index in [-0.39, 0.29) is 17.1 Å². The lowest BCUT2D eigenvalue weighted by molar-refractivity contribution is 0.153. The summed E-state index contributed by atoms with van der Waals surface area (Å²) in [4.78, 5) is 18.4. The van der Waals surface area contributed by atoms with Gasteiger partial charge in [-0.1, -0.05) is 48.4 Å². The lowest BCUT2D eigenvalue weighted by atomic mass is 10.0. The fourth-order valence-electron chi connectivity index (χ4n) is 4.40. The number of aromatic nitrogens is 5. The number of tetrazole rings is 1. The second-order valence-corrected chi connectivity index (χ2v) is 10.1. The largest absolute Gasteiger partial charge is 0.322 e. The number of H-pyrrole nitrogens is 1. The molecular formula is C27H34N6O. The van der Waals surface area contributed by atoms with E-state index >= 15 is 0 Å². The van der Waals surface area contributed by atoms with Crippen molar-refractivity contribution in [3.05, 3.63) is 87.0 Å². The van der Waals surface area contributed by atoms with Crippen molar-refractivity contribution in [1.29, 1.82) is 0 Å². The maximum Gasteiger partial charge on any atom is 0.252 e. The molecule has 1 N–H and O–H groups in total. The van der Waals surface area contributed by atoms with Crippen molar-refractivity contribution >= 4 is 10.9 Å². The summed E-state index contributed by atoms with van der Waals surface area (Å²) in [7, 11) is 0. The normalized spacial score (nSPS) is 13.0. The molecule has 0 saturated carbocycles. The Balaban J connectivity index is 1.77. The highest BCUT2D eigenvalue weighted by Crippen LogP contribution is 2.29. The molecule has 0 bridgehead atoms. The molecule has 0 amide bonds. The molecule has 0 fully saturated rings. The molecule has 0 radical (unpaired) electrons. The molecule has 0 unspecified atom stereocenters. The number of aromatic amines is 1. The minimum atomic E-state index is -0.250. The average molecular weight is 459 g/mol. The molecule has 2 aromatic carbocycles. The van der Waals surface area contributed by atoms with Crippen molar-refractivity contribution < 1.29 is 0 Å². The molecule has 4 aromatic rings. The molecule has 4 rings (SSSR count). The van der Waals surface area contributed by atoms with E-state index in [2.05, 4.69) is 97.3 Å². The van der Waals surface area contributed by atoms with Crippen LogP contribution < -0.4 is 5.56 Å². The highest BCUT2D eigenvalue weighted by Gasteiger charge is 2.29. The van der Waals surface area contributed by atoms with Gasteiger partial charge >= 0.3 is 0 Å². The number of rotatable bonds is 7. The number of fused-ring (bicyclic) bond motifs is 1. The molecule has 7 heteroatoms. The van der Waals surface area contributed by atoms with Crippen molar-refractivity contribution in [3.63, 3.8) is 0 Å². The molecule has 2 aromatic heterocycles. The van der Waals surface area contributed by atoms with Crippen LogP contribution in [0.5, 0.6) is 0 Å². The Hall–Kier alpha value is -3.32. The molecule has 0 aliphatic rings. The van der Waals surface area contributed by atoms with E-state index in [9.17, 15) is 4.79 Å². The predicted octanol–water partition coefficient (Wildman–Crippen LogP) is 5.04. The van der Waals surface area contributed by atoms with Gasteiger partial charge in [0, 0.05) is 24.2 Å². The maximum absolute atomic E-state index is 13.0. The number of nitrogens with zero attached hydrogens (tertiary/aromatic N) is 5. The quantitative estimate of drug-likeness (QED) is 0.420. The van der Waals surface area contributed by atoms with Crippen molar-refractivity contribution in [2.75, 3.05) is 0 Å². The highest BCUT2D eigenvalue weighted by atomic mass is 16.1. The number of nitrogens with one attached hydrogen (secondary N) is 1. The summed E-state index contributed by atoms with van der Waals surface area (Å²) in [5.41, 5.74) is 4.85. The van der Waals surface area contributed by atoms with E-state index in [1.54, 1.807) is 0 Å². The van der Waals surface area contributed by atoms with Gasteiger partial charge in [0.25, 0.3) is 5.56 Å². The van der Waals surface area contributed by atoms with Gasteiger partial charge in [-0.3, -0.25) is 9.69 Å². The first-order valence-electron chi connectivity index (χ1n) is 11.9. The smallest absolute Gasteiger partial charge is 0.252 e. The van der Waals surface area contributed by atoms with Gasteiger partial charge in [0.1, 0.15) is 0 Å². The van der Waals surface area contributed by atoms with Gasteiger partial charge in [-0.15, -0.1) is 5.10 Å². The van der Waals surface area contributed by atoms with E-state index < -0.39 is 0 Å². The summed E-state index contributed by atoms with van der Waals surface area (Å²) in [6.07, 6.45) is 0.812. The predicted molar refractivity (Wildman–Crippen MR) is 136 cm³/mol. The van der Waals surface area contributed by atoms with Crippen molar-refractivity contribution in [2.45, 2.75) is 72.6 Å². The molecule has 34 heavy (non-hydrogen) atoms. The molecule has 1 atom stereocenters. The SMILES string of the molecule is CC[C@H](c1nnnn1C(C)(C)C)N(Cc1ccc(C)cc1)Cc1cc2cc(C)ccc2[nH]c1=O. The Bertz CT molecular complexity index is 1330. The highest BCUT2D eigenvalue weighted by molar-refractivity contribution is 5.79. The van der Waals surface area contributed by atoms with Crippen LogP contribution in [0.4, 0.5) is 0 Å². The van der Waals surface area contributed by atoms with Crippen molar-refractivity contribution in [3.8, 4) is 0 Å². The molecular weight excluding hydrogens is 424 g/mol. The summed E-state index contributed by atoms with van der Waals surface area (Å²) < 4.78 is 1.90. The van der Waals surface area contributed by atoms with E-state index in [0.717, 1.165) is 34.3 Å². The van der Waals surface area contributed by atoms with Crippen LogP contribution in [0.2, 0.25) is 0 Å². The number of hydrogen-bond donors (Lipinski definition) is 1. The lowest BCUT2D eigenvalue weighted by Gasteiger charge is -2.32. The van der Waals surface area contributed by atoms with Gasteiger partial charge in [0.2, 0.25) is 0 Å². The summed E-state index contributed by atoms with van der Waals surface area (Å²) in [6.45, 7) is 13.8. The van der Waals surface area contributed by atoms with E-state index in [0.29, 0.717) is 13.1 Å². The summed E-state index contributed by atoms with van der Waals surface area (Å²) in [5, 5.41) is 13.8. The number of hydrogen-bond acceptors (Lipinski definition) is 5. The van der Waals surface area contributed by atoms with E-state index in [1.807, 2.05) is 22.9 Å². The first kappa shape index (κ1) is 23.8. The molecule has 178 valence electrons. The van der Waals surface area contributed by atoms with E-state index in [4.69, 9.17) is 0 Å². The number of benzene rings is 2. The Kier molecular flexibility index (Phi) is 6.66. The second-order valence-electron chi connectivity index (χ2n) is 10.1. The zero-order chi connectivity index (χ0) is 24.5. The zero-order valence-corrected chi connectivity index (χ0v) is 21.0. The fraction of sp³-hybridized carbons (Fsp3) is 0.407. The Morgan fingerprint density at radius 1 is 1.00 bits per heavy atom. The van der Waals surface area contributed by atoms with Crippen LogP contribution in [-0.2, 0) is 18.6 Å². The monoisotopic (exact) mass is 458 g/mol. The second kappa shape index (κ2) is 9.50. The Morgan fingerprint density at radius 3 is 2.38 bits per heavy atom. The standard InChI is InChI=1S/C27H34N6O/c1-7-24(25-29-30-31-33(25)27(4,5)6)32(16-20-11-8-18(2)9-12-20)17-22-15-21-14-19(3)10-13-23(21)28-26(22)34/h8-15,24H,7,16-17H2,1-6H3,(H,28,34)/t24-/m1/s1. The van der Waals surface area contributed by atoms with Crippen LogP contribution in [0.1, 0.15) is 68.2 Å². The molecule has 0 saturated heterocycles. The third-order valence-corrected chi connectivity index (χ3v) is 6.21. The van der Waals surface area contributed by atoms with Gasteiger partial charge in [0.05, 0.1) is 11.6 Å². The van der Waals surface area contributed by atoms with Gasteiger partial charge in [-0.05, 0) is 80.6 Å². The van der Waals surface area contributed by atoms with Gasteiger partial charge in [-0.25, -0.2) is 4.68 Å². The molecule has 0 spiro atoms. The first-order valence-corrected chi connectivity index (χ1v) is 11.9. The molecule has 0 aliphatic heterocycles. The van der Waals surface area contributed by atoms with Gasteiger partial charge in [-0.2, -0.15) is 0 Å². The average Bonchev–Trinajstić information content (AvgIpc) is 3.27. The number of aryl methyl sites for hydroxylation is 2. The van der Waals surface area contributed by atoms with Crippen LogP contribution in [-0.4, -0.2) is 30.1 Å². The minimum absolute atomic E-state index is 0.0527. The van der Waals surface area contributed by atoms with Crippen LogP contribution in [0.25, 0.3) is 10.9 Å². The molecule has 7 nitrogen and oxygen atoms in total. The summed E-state index contributed by atoms with van der Waals surface area (Å²) in [5.74, 6) is 0.815. The van der Waals surface area contributed by atoms with Crippen LogP contribution >= 0.6 is 0 Å². The molecule has 2 heterocycles. The van der Waals surface area contributed by atoms with Crippen LogP contribution in [0.15, 0.2) is 53.3 Å². The van der Waals surface area contributed by atoms with Gasteiger partial charge < -0.3 is 4.98 Å². The minimum Gasteiger partial charge on any atom is -0.322 e. The van der Waals surface area contributed by atoms with Crippen LogP contribution in [0, 0.1) is 13.8 Å². The summed E-state index contributed by atoms with van der Waals surface area (Å²) >= 11 is 0. The third kappa shape index (κ3) is 5.09. The fourth-order valence-corrected chi connectivity index (χ4v) is 4.40. The Labute approximate surface area is 200 Å². The van der Waals surface area contributed by atoms with Crippen LogP contribution in [0.3, 0.4) is 0 Å². The van der Waals surface area contributed by atoms with E-state index in [1.165, 1.54) is 11.1 Å². The third-order valence-electron chi connectivity index (χ3n) is 6.21. The van der Waals surface area contributed by atoms with Crippen molar-refractivity contribution in [1.82, 2.24) is 30.1 Å². The number of pyridine rings is 1. The summed E-state index contributed by atoms with van der Waals surface area (Å²) in [6, 6.07) is 16.6.